The van der Waals surface area contributed by atoms with Crippen molar-refractivity contribution in [3.63, 3.8) is 0 Å². The van der Waals surface area contributed by atoms with Gasteiger partial charge < -0.3 is 5.32 Å². The van der Waals surface area contributed by atoms with Crippen LogP contribution in [0.25, 0.3) is 0 Å². The molecule has 1 aromatic heterocycles. The smallest absolute Gasteiger partial charge is 0.287 e. The molecule has 1 amide bonds. The fourth-order valence-electron chi connectivity index (χ4n) is 1.65. The van der Waals surface area contributed by atoms with E-state index >= 15 is 0 Å². The third-order valence-corrected chi connectivity index (χ3v) is 4.12. The van der Waals surface area contributed by atoms with Crippen LogP contribution in [0.15, 0.2) is 29.2 Å². The highest BCUT2D eigenvalue weighted by Gasteiger charge is 2.11. The molecule has 0 saturated carbocycles. The Hall–Kier alpha value is -1.12. The molecular weight excluding hydrogens is 428 g/mol. The first-order valence-electron chi connectivity index (χ1n) is 5.85. The molecule has 21 heavy (non-hydrogen) atoms. The normalized spacial score (nSPS) is 10.5. The molecule has 0 unspecified atom stereocenters. The second-order valence-corrected chi connectivity index (χ2v) is 6.31. The Balaban J connectivity index is 2.16. The molecule has 2 aromatic rings. The Morgan fingerprint density at radius 3 is 2.81 bits per heavy atom. The van der Waals surface area contributed by atoms with Crippen molar-refractivity contribution in [1.29, 1.82) is 0 Å². The van der Waals surface area contributed by atoms with Gasteiger partial charge in [0.05, 0.1) is 11.2 Å². The molecule has 0 aliphatic heterocycles. The third-order valence-electron chi connectivity index (χ3n) is 2.70. The van der Waals surface area contributed by atoms with Crippen LogP contribution in [0.5, 0.6) is 0 Å². The number of anilines is 1. The largest absolute Gasteiger partial charge is 0.324 e. The molecule has 2 rings (SSSR count). The standard InChI is InChI=1S/C13H10Cl2IN3O2/c1-7-4-8(16)2-3-10(7)18-11(20)6-19-13(21)12(15)9(14)5-17-19/h2-5H,6H2,1H3,(H,18,20). The number of nitrogens with zero attached hydrogens (tertiary/aromatic N) is 2. The lowest BCUT2D eigenvalue weighted by Crippen LogP contribution is -2.30. The van der Waals surface area contributed by atoms with E-state index in [2.05, 4.69) is 33.0 Å². The zero-order valence-corrected chi connectivity index (χ0v) is 14.5. The number of amides is 1. The lowest BCUT2D eigenvalue weighted by molar-refractivity contribution is -0.117. The number of hydrogen-bond acceptors (Lipinski definition) is 3. The zero-order valence-electron chi connectivity index (χ0n) is 10.9. The van der Waals surface area contributed by atoms with Crippen LogP contribution >= 0.6 is 45.8 Å². The Kier molecular flexibility index (Phi) is 5.23. The second kappa shape index (κ2) is 6.76. The molecule has 5 nitrogen and oxygen atoms in total. The summed E-state index contributed by atoms with van der Waals surface area (Å²) in [5.74, 6) is -0.368. The van der Waals surface area contributed by atoms with Crippen molar-refractivity contribution in [3.8, 4) is 0 Å². The number of halogens is 3. The van der Waals surface area contributed by atoms with Gasteiger partial charge in [-0.1, -0.05) is 23.2 Å². The highest BCUT2D eigenvalue weighted by atomic mass is 127. The van der Waals surface area contributed by atoms with Gasteiger partial charge >= 0.3 is 0 Å². The van der Waals surface area contributed by atoms with E-state index in [9.17, 15) is 9.59 Å². The second-order valence-electron chi connectivity index (χ2n) is 4.28. The van der Waals surface area contributed by atoms with E-state index in [1.807, 2.05) is 19.1 Å². The summed E-state index contributed by atoms with van der Waals surface area (Å²) in [6, 6.07) is 5.63. The molecular formula is C13H10Cl2IN3O2. The number of carbonyl (C=O) groups is 1. The highest BCUT2D eigenvalue weighted by Crippen LogP contribution is 2.18. The molecule has 0 aliphatic rings. The van der Waals surface area contributed by atoms with Gasteiger partial charge in [0, 0.05) is 9.26 Å². The number of hydrogen-bond donors (Lipinski definition) is 1. The first kappa shape index (κ1) is 16.3. The van der Waals surface area contributed by atoms with E-state index in [1.54, 1.807) is 6.07 Å². The lowest BCUT2D eigenvalue weighted by atomic mass is 10.2. The van der Waals surface area contributed by atoms with Gasteiger partial charge in [0.1, 0.15) is 11.6 Å². The van der Waals surface area contributed by atoms with Crippen molar-refractivity contribution in [3.05, 3.63) is 53.9 Å². The summed E-state index contributed by atoms with van der Waals surface area (Å²) in [4.78, 5) is 23.8. The highest BCUT2D eigenvalue weighted by molar-refractivity contribution is 14.1. The van der Waals surface area contributed by atoms with E-state index in [1.165, 1.54) is 6.20 Å². The van der Waals surface area contributed by atoms with Crippen LogP contribution in [0.1, 0.15) is 5.56 Å². The lowest BCUT2D eigenvalue weighted by Gasteiger charge is -2.09. The van der Waals surface area contributed by atoms with Gasteiger partial charge in [-0.2, -0.15) is 5.10 Å². The summed E-state index contributed by atoms with van der Waals surface area (Å²) in [5.41, 5.74) is 1.02. The molecule has 1 N–H and O–H groups in total. The van der Waals surface area contributed by atoms with Crippen molar-refractivity contribution < 1.29 is 4.79 Å². The van der Waals surface area contributed by atoms with E-state index in [-0.39, 0.29) is 22.5 Å². The fourth-order valence-corrected chi connectivity index (χ4v) is 2.57. The van der Waals surface area contributed by atoms with Crippen molar-refractivity contribution in [1.82, 2.24) is 9.78 Å². The summed E-state index contributed by atoms with van der Waals surface area (Å²) < 4.78 is 2.04. The van der Waals surface area contributed by atoms with Crippen LogP contribution < -0.4 is 10.9 Å². The van der Waals surface area contributed by atoms with E-state index in [0.29, 0.717) is 5.69 Å². The molecule has 1 heterocycles. The topological polar surface area (TPSA) is 64.0 Å². The van der Waals surface area contributed by atoms with Gasteiger partial charge in [-0.25, -0.2) is 4.68 Å². The molecule has 0 aliphatic carbocycles. The van der Waals surface area contributed by atoms with Crippen LogP contribution in [0.3, 0.4) is 0 Å². The summed E-state index contributed by atoms with van der Waals surface area (Å²) >= 11 is 13.6. The number of nitrogens with one attached hydrogen (secondary N) is 1. The van der Waals surface area contributed by atoms with Gasteiger partial charge in [-0.05, 0) is 53.3 Å². The Labute approximate surface area is 144 Å². The number of aryl methyl sites for hydroxylation is 1. The van der Waals surface area contributed by atoms with Crippen molar-refractivity contribution in [2.45, 2.75) is 13.5 Å². The SMILES string of the molecule is Cc1cc(I)ccc1NC(=O)Cn1ncc(Cl)c(Cl)c1=O. The third kappa shape index (κ3) is 3.96. The van der Waals surface area contributed by atoms with Gasteiger partial charge in [0.15, 0.2) is 0 Å². The van der Waals surface area contributed by atoms with E-state index in [0.717, 1.165) is 13.8 Å². The van der Waals surface area contributed by atoms with Crippen LogP contribution in [0.4, 0.5) is 5.69 Å². The van der Waals surface area contributed by atoms with E-state index in [4.69, 9.17) is 23.2 Å². The van der Waals surface area contributed by atoms with Crippen molar-refractivity contribution in [2.75, 3.05) is 5.32 Å². The average Bonchev–Trinajstić information content (AvgIpc) is 2.43. The van der Waals surface area contributed by atoms with Gasteiger partial charge in [0.25, 0.3) is 5.56 Å². The number of carbonyl (C=O) groups excluding carboxylic acids is 1. The molecule has 110 valence electrons. The maximum Gasteiger partial charge on any atom is 0.287 e. The molecule has 1 aromatic carbocycles. The van der Waals surface area contributed by atoms with E-state index < -0.39 is 5.56 Å². The Morgan fingerprint density at radius 2 is 2.14 bits per heavy atom. The molecule has 0 bridgehead atoms. The first-order valence-corrected chi connectivity index (χ1v) is 7.69. The van der Waals surface area contributed by atoms with Gasteiger partial charge in [0.2, 0.25) is 5.91 Å². The predicted octanol–water partition coefficient (Wildman–Crippen LogP) is 3.10. The molecule has 0 radical (unpaired) electrons. The maximum atomic E-state index is 12.0. The fraction of sp³-hybridized carbons (Fsp3) is 0.154. The van der Waals surface area contributed by atoms with Crippen molar-refractivity contribution >= 4 is 57.4 Å². The number of benzene rings is 1. The molecule has 0 saturated heterocycles. The Bertz CT molecular complexity index is 762. The minimum atomic E-state index is -0.598. The Morgan fingerprint density at radius 1 is 1.43 bits per heavy atom. The van der Waals surface area contributed by atoms with Crippen LogP contribution in [-0.2, 0) is 11.3 Å². The summed E-state index contributed by atoms with van der Waals surface area (Å²) in [6.07, 6.45) is 1.23. The van der Waals surface area contributed by atoms with Crippen LogP contribution in [0, 0.1) is 10.5 Å². The average molecular weight is 438 g/mol. The maximum absolute atomic E-state index is 12.0. The summed E-state index contributed by atoms with van der Waals surface area (Å²) in [5, 5.41) is 6.43. The van der Waals surface area contributed by atoms with Crippen molar-refractivity contribution in [2.24, 2.45) is 0 Å². The number of aromatic nitrogens is 2. The monoisotopic (exact) mass is 437 g/mol. The molecule has 0 spiro atoms. The van der Waals surface area contributed by atoms with Gasteiger partial charge in [-0.3, -0.25) is 9.59 Å². The molecule has 8 heteroatoms. The molecule has 0 atom stereocenters. The zero-order chi connectivity index (χ0) is 15.6. The minimum Gasteiger partial charge on any atom is -0.324 e. The minimum absolute atomic E-state index is 0.0619. The first-order chi connectivity index (χ1) is 9.88. The number of rotatable bonds is 3. The van der Waals surface area contributed by atoms with Gasteiger partial charge in [-0.15, -0.1) is 0 Å². The quantitative estimate of drug-likeness (QED) is 0.750. The molecule has 0 fully saturated rings. The van der Waals surface area contributed by atoms with Crippen LogP contribution in [0.2, 0.25) is 10.0 Å². The predicted molar refractivity (Wildman–Crippen MR) is 91.0 cm³/mol. The van der Waals surface area contributed by atoms with Crippen LogP contribution in [-0.4, -0.2) is 15.7 Å². The summed E-state index contributed by atoms with van der Waals surface area (Å²) in [6.45, 7) is 1.66. The summed E-state index contributed by atoms with van der Waals surface area (Å²) in [7, 11) is 0.